The Kier molecular flexibility index (Phi) is 4.17. The number of nitrogens with one attached hydrogen (secondary N) is 2. The van der Waals surface area contributed by atoms with Gasteiger partial charge in [-0.3, -0.25) is 15.8 Å². The van der Waals surface area contributed by atoms with E-state index in [4.69, 9.17) is 18.0 Å². The van der Waals surface area contributed by atoms with Crippen LogP contribution < -0.4 is 16.5 Å². The van der Waals surface area contributed by atoms with Crippen molar-refractivity contribution in [3.63, 3.8) is 0 Å². The van der Waals surface area contributed by atoms with Gasteiger partial charge in [0.05, 0.1) is 5.49 Å². The van der Waals surface area contributed by atoms with E-state index in [-0.39, 0.29) is 11.9 Å². The Morgan fingerprint density at radius 2 is 2.16 bits per heavy atom. The zero-order chi connectivity index (χ0) is 13.8. The number of hydrogen-bond donors (Lipinski definition) is 3. The molecule has 100 valence electrons. The van der Waals surface area contributed by atoms with Gasteiger partial charge in [-0.25, -0.2) is 15.4 Å². The molecule has 1 aliphatic heterocycles. The number of carbonyl (C=O) groups excluding carboxylic acids is 1. The molecular formula is C11H14N6OS. The Bertz CT molecular complexity index is 505. The third-order valence-corrected chi connectivity index (χ3v) is 2.74. The summed E-state index contributed by atoms with van der Waals surface area (Å²) in [5.41, 5.74) is 10.5. The molecule has 1 heterocycles. The third-order valence-electron chi connectivity index (χ3n) is 2.54. The summed E-state index contributed by atoms with van der Waals surface area (Å²) in [5, 5.41) is 5.62. The highest BCUT2D eigenvalue weighted by Gasteiger charge is 2.30. The van der Waals surface area contributed by atoms with Crippen molar-refractivity contribution in [2.45, 2.75) is 6.29 Å². The summed E-state index contributed by atoms with van der Waals surface area (Å²) < 4.78 is 0. The van der Waals surface area contributed by atoms with Crippen molar-refractivity contribution in [1.29, 1.82) is 0 Å². The Morgan fingerprint density at radius 3 is 2.74 bits per heavy atom. The molecule has 8 heteroatoms. The number of carbonyl (C=O) groups is 1. The van der Waals surface area contributed by atoms with Crippen LogP contribution in [-0.4, -0.2) is 40.8 Å². The quantitative estimate of drug-likeness (QED) is 0.655. The van der Waals surface area contributed by atoms with E-state index in [9.17, 15) is 4.79 Å². The topological polar surface area (TPSA) is 86.0 Å². The van der Waals surface area contributed by atoms with Gasteiger partial charge in [-0.15, -0.1) is 5.12 Å². The Labute approximate surface area is 116 Å². The maximum absolute atomic E-state index is 12.0. The highest BCUT2D eigenvalue weighted by molar-refractivity contribution is 7.78. The average Bonchev–Trinajstić information content (AvgIpc) is 2.74. The summed E-state index contributed by atoms with van der Waals surface area (Å²) in [6.07, 6.45) is -0.643. The van der Waals surface area contributed by atoms with Gasteiger partial charge >= 0.3 is 0 Å². The summed E-state index contributed by atoms with van der Waals surface area (Å²) in [7, 11) is 1.68. The first-order valence-corrected chi connectivity index (χ1v) is 6.05. The molecule has 1 aliphatic rings. The maximum atomic E-state index is 12.0. The number of nitrogens with two attached hydrogens (primary N) is 1. The highest BCUT2D eigenvalue weighted by Crippen LogP contribution is 2.08. The molecule has 0 saturated heterocycles. The van der Waals surface area contributed by atoms with Crippen LogP contribution >= 0.6 is 12.2 Å². The number of nitrogens with zero attached hydrogens (tertiary/aromatic N) is 3. The van der Waals surface area contributed by atoms with Crippen molar-refractivity contribution in [2.75, 3.05) is 7.05 Å². The minimum absolute atomic E-state index is 0.272. The molecule has 0 saturated carbocycles. The number of aliphatic imine (C=N–C) groups is 1. The standard InChI is InChI=1S/C11H14N6OS/c1-13-17-10(12)15-11(16(17)7-19)14-9(18)8-5-3-2-4-6-8/h2-7,10,13H,12H2,1H3,(H,14,15,18). The van der Waals surface area contributed by atoms with E-state index in [0.29, 0.717) is 5.56 Å². The van der Waals surface area contributed by atoms with Crippen molar-refractivity contribution in [2.24, 2.45) is 10.7 Å². The zero-order valence-corrected chi connectivity index (χ0v) is 11.1. The third kappa shape index (κ3) is 2.76. The smallest absolute Gasteiger partial charge is 0.257 e. The average molecular weight is 278 g/mol. The van der Waals surface area contributed by atoms with Crippen LogP contribution in [0.4, 0.5) is 0 Å². The first-order chi connectivity index (χ1) is 9.17. The van der Waals surface area contributed by atoms with Gasteiger partial charge in [0.1, 0.15) is 0 Å². The SMILES string of the molecule is CNN1C(N)N=C(NC(=O)c2ccccc2)N1C=S. The van der Waals surface area contributed by atoms with Crippen LogP contribution in [0, 0.1) is 0 Å². The van der Waals surface area contributed by atoms with Crippen LogP contribution in [0.25, 0.3) is 0 Å². The lowest BCUT2D eigenvalue weighted by atomic mass is 10.2. The lowest BCUT2D eigenvalue weighted by Gasteiger charge is -2.26. The summed E-state index contributed by atoms with van der Waals surface area (Å²) in [4.78, 5) is 16.1. The molecule has 4 N–H and O–H groups in total. The fourth-order valence-electron chi connectivity index (χ4n) is 1.66. The van der Waals surface area contributed by atoms with Crippen LogP contribution in [0.2, 0.25) is 0 Å². The second kappa shape index (κ2) is 5.85. The first-order valence-electron chi connectivity index (χ1n) is 5.58. The predicted octanol–water partition coefficient (Wildman–Crippen LogP) is -0.361. The molecule has 1 unspecified atom stereocenters. The molecule has 2 rings (SSSR count). The van der Waals surface area contributed by atoms with E-state index >= 15 is 0 Å². The largest absolute Gasteiger partial charge is 0.295 e. The van der Waals surface area contributed by atoms with Gasteiger partial charge in [0.25, 0.3) is 5.91 Å². The van der Waals surface area contributed by atoms with Crippen LogP contribution in [0.1, 0.15) is 10.4 Å². The monoisotopic (exact) mass is 278 g/mol. The molecule has 1 aromatic carbocycles. The number of rotatable bonds is 3. The Balaban J connectivity index is 2.13. The van der Waals surface area contributed by atoms with Crippen molar-refractivity contribution in [3.8, 4) is 0 Å². The van der Waals surface area contributed by atoms with Crippen molar-refractivity contribution in [1.82, 2.24) is 20.9 Å². The van der Waals surface area contributed by atoms with Gasteiger partial charge in [-0.1, -0.05) is 30.4 Å². The fourth-order valence-corrected chi connectivity index (χ4v) is 1.86. The number of hydrazine groups is 2. The molecule has 0 bridgehead atoms. The minimum Gasteiger partial charge on any atom is -0.295 e. The highest BCUT2D eigenvalue weighted by atomic mass is 32.1. The molecule has 0 aromatic heterocycles. The van der Waals surface area contributed by atoms with Gasteiger partial charge in [0.2, 0.25) is 5.96 Å². The number of guanidine groups is 1. The van der Waals surface area contributed by atoms with E-state index in [2.05, 4.69) is 15.7 Å². The van der Waals surface area contributed by atoms with Crippen LogP contribution in [0.3, 0.4) is 0 Å². The predicted molar refractivity (Wildman–Crippen MR) is 75.7 cm³/mol. The van der Waals surface area contributed by atoms with Crippen molar-refractivity contribution in [3.05, 3.63) is 35.9 Å². The number of benzene rings is 1. The second-order valence-corrected chi connectivity index (χ2v) is 3.92. The molecule has 0 spiro atoms. The van der Waals surface area contributed by atoms with Crippen molar-refractivity contribution >= 4 is 29.6 Å². The molecule has 0 fully saturated rings. The summed E-state index contributed by atoms with van der Waals surface area (Å²) >= 11 is 4.89. The summed E-state index contributed by atoms with van der Waals surface area (Å²) in [6.45, 7) is 0. The minimum atomic E-state index is -0.643. The number of amides is 1. The molecule has 19 heavy (non-hydrogen) atoms. The zero-order valence-electron chi connectivity index (χ0n) is 10.3. The van der Waals surface area contributed by atoms with Crippen LogP contribution in [0.15, 0.2) is 35.3 Å². The fraction of sp³-hybridized carbons (Fsp3) is 0.182. The second-order valence-electron chi connectivity index (χ2n) is 3.70. The van der Waals surface area contributed by atoms with Gasteiger partial charge in [-0.2, -0.15) is 0 Å². The summed E-state index contributed by atoms with van der Waals surface area (Å²) in [5.74, 6) is 0.0112. The Morgan fingerprint density at radius 1 is 1.47 bits per heavy atom. The summed E-state index contributed by atoms with van der Waals surface area (Å²) in [6, 6.07) is 8.83. The molecule has 1 aromatic rings. The first kappa shape index (κ1) is 13.6. The van der Waals surface area contributed by atoms with Gasteiger partial charge in [0.15, 0.2) is 6.29 Å². The van der Waals surface area contributed by atoms with Gasteiger partial charge < -0.3 is 0 Å². The molecular weight excluding hydrogens is 264 g/mol. The molecule has 0 aliphatic carbocycles. The normalized spacial score (nSPS) is 19.2. The van der Waals surface area contributed by atoms with E-state index in [1.54, 1.807) is 31.3 Å². The van der Waals surface area contributed by atoms with Gasteiger partial charge in [0, 0.05) is 12.6 Å². The Hall–Kier alpha value is -1.87. The molecule has 1 atom stereocenters. The molecule has 7 nitrogen and oxygen atoms in total. The molecule has 1 amide bonds. The molecule has 0 radical (unpaired) electrons. The van der Waals surface area contributed by atoms with E-state index < -0.39 is 6.29 Å². The van der Waals surface area contributed by atoms with E-state index in [1.807, 2.05) is 6.07 Å². The lowest BCUT2D eigenvalue weighted by molar-refractivity contribution is 0.0385. The van der Waals surface area contributed by atoms with Crippen LogP contribution in [0.5, 0.6) is 0 Å². The number of thiocarbonyl (C=S) groups is 1. The van der Waals surface area contributed by atoms with Gasteiger partial charge in [-0.05, 0) is 12.1 Å². The van der Waals surface area contributed by atoms with E-state index in [0.717, 1.165) is 0 Å². The van der Waals surface area contributed by atoms with Crippen molar-refractivity contribution < 1.29 is 4.79 Å². The van der Waals surface area contributed by atoms with E-state index in [1.165, 1.54) is 15.6 Å². The van der Waals surface area contributed by atoms with Crippen LogP contribution in [-0.2, 0) is 0 Å². The maximum Gasteiger partial charge on any atom is 0.257 e. The lowest BCUT2D eigenvalue weighted by Crippen LogP contribution is -2.55. The number of hydrogen-bond acceptors (Lipinski definition) is 6.